The first-order valence-electron chi connectivity index (χ1n) is 4.42. The fourth-order valence-corrected chi connectivity index (χ4v) is 1.09. The number of benzene rings is 1. The molecule has 5 nitrogen and oxygen atoms in total. The van der Waals surface area contributed by atoms with Gasteiger partial charge in [0.1, 0.15) is 11.5 Å². The van der Waals surface area contributed by atoms with Crippen LogP contribution in [0.15, 0.2) is 30.4 Å². The highest BCUT2D eigenvalue weighted by atomic mass is 19.1. The van der Waals surface area contributed by atoms with E-state index >= 15 is 0 Å². The third kappa shape index (κ3) is 2.88. The van der Waals surface area contributed by atoms with Gasteiger partial charge >= 0.3 is 0 Å². The first-order chi connectivity index (χ1) is 7.54. The Balaban J connectivity index is 3.04. The highest BCUT2D eigenvalue weighted by Crippen LogP contribution is 2.24. The van der Waals surface area contributed by atoms with E-state index < -0.39 is 22.3 Å². The number of hydrogen-bond donors (Lipinski definition) is 1. The van der Waals surface area contributed by atoms with Crippen LogP contribution in [-0.2, 0) is 4.79 Å². The van der Waals surface area contributed by atoms with Gasteiger partial charge in [0.15, 0.2) is 0 Å². The smallest absolute Gasteiger partial charge is 0.295 e. The summed E-state index contributed by atoms with van der Waals surface area (Å²) in [6.07, 6.45) is 2.71. The van der Waals surface area contributed by atoms with Gasteiger partial charge in [-0.2, -0.15) is 0 Å². The molecule has 0 aliphatic carbocycles. The van der Waals surface area contributed by atoms with Crippen molar-refractivity contribution in [1.82, 2.24) is 0 Å². The van der Waals surface area contributed by atoms with Crippen molar-refractivity contribution in [3.05, 3.63) is 46.3 Å². The number of nitrogens with zero attached hydrogens (tertiary/aromatic N) is 1. The molecule has 84 valence electrons. The quantitative estimate of drug-likeness (QED) is 0.486. The standard InChI is InChI=1S/C10H9FN2O3/c1-2-3-10(14)12-8-5-4-7(11)6-9(8)13(15)16/h2-6H,1H3,(H,12,14)/b3-2+. The molecule has 0 heterocycles. The third-order valence-corrected chi connectivity index (χ3v) is 1.73. The Morgan fingerprint density at radius 2 is 2.25 bits per heavy atom. The Bertz CT molecular complexity index is 457. The lowest BCUT2D eigenvalue weighted by Gasteiger charge is -2.03. The number of carbonyl (C=O) groups is 1. The summed E-state index contributed by atoms with van der Waals surface area (Å²) in [4.78, 5) is 21.0. The normalized spacial score (nSPS) is 10.4. The van der Waals surface area contributed by atoms with Crippen molar-refractivity contribution in [3.63, 3.8) is 0 Å². The average molecular weight is 224 g/mol. The highest BCUT2D eigenvalue weighted by Gasteiger charge is 2.15. The number of nitrogens with one attached hydrogen (secondary N) is 1. The molecule has 1 amide bonds. The maximum absolute atomic E-state index is 12.8. The SMILES string of the molecule is C/C=C/C(=O)Nc1ccc(F)cc1[N+](=O)[O-]. The average Bonchev–Trinajstić information content (AvgIpc) is 2.20. The molecule has 1 N–H and O–H groups in total. The van der Waals surface area contributed by atoms with Gasteiger partial charge in [0.25, 0.3) is 5.69 Å². The van der Waals surface area contributed by atoms with Crippen molar-refractivity contribution in [2.24, 2.45) is 0 Å². The zero-order valence-electron chi connectivity index (χ0n) is 8.44. The summed E-state index contributed by atoms with van der Waals surface area (Å²) >= 11 is 0. The van der Waals surface area contributed by atoms with Gasteiger partial charge < -0.3 is 5.32 Å². The summed E-state index contributed by atoms with van der Waals surface area (Å²) in [6.45, 7) is 1.64. The molecule has 6 heteroatoms. The van der Waals surface area contributed by atoms with E-state index in [1.54, 1.807) is 6.92 Å². The second-order valence-corrected chi connectivity index (χ2v) is 2.91. The molecule has 0 bridgehead atoms. The van der Waals surface area contributed by atoms with Crippen LogP contribution >= 0.6 is 0 Å². The van der Waals surface area contributed by atoms with Gasteiger partial charge in [-0.05, 0) is 25.1 Å². The van der Waals surface area contributed by atoms with Gasteiger partial charge in [-0.1, -0.05) is 6.08 Å². The maximum atomic E-state index is 12.8. The molecule has 0 saturated heterocycles. The molecule has 16 heavy (non-hydrogen) atoms. The van der Waals surface area contributed by atoms with Gasteiger partial charge in [0.2, 0.25) is 5.91 Å². The second kappa shape index (κ2) is 5.01. The van der Waals surface area contributed by atoms with Crippen LogP contribution in [0, 0.1) is 15.9 Å². The topological polar surface area (TPSA) is 72.2 Å². The van der Waals surface area contributed by atoms with Crippen LogP contribution in [0.4, 0.5) is 15.8 Å². The van der Waals surface area contributed by atoms with E-state index in [0.717, 1.165) is 18.2 Å². The molecule has 0 spiro atoms. The van der Waals surface area contributed by atoms with Gasteiger partial charge in [-0.15, -0.1) is 0 Å². The predicted molar refractivity (Wildman–Crippen MR) is 56.5 cm³/mol. The summed E-state index contributed by atoms with van der Waals surface area (Å²) in [5.41, 5.74) is -0.507. The predicted octanol–water partition coefficient (Wildman–Crippen LogP) is 2.25. The van der Waals surface area contributed by atoms with Crippen LogP contribution in [0.1, 0.15) is 6.92 Å². The molecule has 1 aromatic rings. The number of anilines is 1. The van der Waals surface area contributed by atoms with Gasteiger partial charge in [-0.3, -0.25) is 14.9 Å². The van der Waals surface area contributed by atoms with E-state index in [1.165, 1.54) is 12.2 Å². The summed E-state index contributed by atoms with van der Waals surface area (Å²) < 4.78 is 12.8. The molecule has 0 aromatic heterocycles. The van der Waals surface area contributed by atoms with Crippen LogP contribution in [0.2, 0.25) is 0 Å². The van der Waals surface area contributed by atoms with Crippen LogP contribution in [0.25, 0.3) is 0 Å². The number of nitro groups is 1. The van der Waals surface area contributed by atoms with Crippen molar-refractivity contribution >= 4 is 17.3 Å². The zero-order chi connectivity index (χ0) is 12.1. The molecule has 0 atom stereocenters. The van der Waals surface area contributed by atoms with Crippen molar-refractivity contribution in [2.75, 3.05) is 5.32 Å². The van der Waals surface area contributed by atoms with E-state index in [1.807, 2.05) is 0 Å². The Morgan fingerprint density at radius 1 is 1.56 bits per heavy atom. The van der Waals surface area contributed by atoms with Crippen LogP contribution in [0.3, 0.4) is 0 Å². The largest absolute Gasteiger partial charge is 0.317 e. The minimum Gasteiger partial charge on any atom is -0.317 e. The Labute approximate surface area is 90.7 Å². The molecule has 0 saturated carbocycles. The fraction of sp³-hybridized carbons (Fsp3) is 0.100. The number of hydrogen-bond acceptors (Lipinski definition) is 3. The molecular weight excluding hydrogens is 215 g/mol. The van der Waals surface area contributed by atoms with Gasteiger partial charge in [-0.25, -0.2) is 4.39 Å². The summed E-state index contributed by atoms with van der Waals surface area (Å²) in [5, 5.41) is 12.9. The molecule has 0 fully saturated rings. The van der Waals surface area contributed by atoms with Crippen LogP contribution in [0.5, 0.6) is 0 Å². The fourth-order valence-electron chi connectivity index (χ4n) is 1.09. The second-order valence-electron chi connectivity index (χ2n) is 2.91. The van der Waals surface area contributed by atoms with Crippen molar-refractivity contribution in [3.8, 4) is 0 Å². The molecular formula is C10H9FN2O3. The highest BCUT2D eigenvalue weighted by molar-refractivity contribution is 6.00. The summed E-state index contributed by atoms with van der Waals surface area (Å²) in [5.74, 6) is -1.23. The lowest BCUT2D eigenvalue weighted by Crippen LogP contribution is -2.09. The van der Waals surface area contributed by atoms with E-state index in [0.29, 0.717) is 0 Å². The first kappa shape index (κ1) is 11.8. The Hall–Kier alpha value is -2.24. The number of carbonyl (C=O) groups excluding carboxylic acids is 1. The number of nitro benzene ring substituents is 1. The van der Waals surface area contributed by atoms with Crippen molar-refractivity contribution < 1.29 is 14.1 Å². The number of amides is 1. The monoisotopic (exact) mass is 224 g/mol. The minimum absolute atomic E-state index is 0.0329. The number of rotatable bonds is 3. The summed E-state index contributed by atoms with van der Waals surface area (Å²) in [7, 11) is 0. The van der Waals surface area contributed by atoms with Crippen molar-refractivity contribution in [1.29, 1.82) is 0 Å². The first-order valence-corrected chi connectivity index (χ1v) is 4.42. The molecule has 0 aliphatic heterocycles. The lowest BCUT2D eigenvalue weighted by molar-refractivity contribution is -0.384. The molecule has 1 aromatic carbocycles. The third-order valence-electron chi connectivity index (χ3n) is 1.73. The minimum atomic E-state index is -0.756. The zero-order valence-corrected chi connectivity index (χ0v) is 8.44. The number of halogens is 1. The van der Waals surface area contributed by atoms with E-state index in [9.17, 15) is 19.3 Å². The van der Waals surface area contributed by atoms with Crippen molar-refractivity contribution in [2.45, 2.75) is 6.92 Å². The summed E-state index contributed by atoms with van der Waals surface area (Å²) in [6, 6.07) is 2.94. The van der Waals surface area contributed by atoms with E-state index in [4.69, 9.17) is 0 Å². The Kier molecular flexibility index (Phi) is 3.71. The van der Waals surface area contributed by atoms with E-state index in [2.05, 4.69) is 5.32 Å². The van der Waals surface area contributed by atoms with E-state index in [-0.39, 0.29) is 5.69 Å². The van der Waals surface area contributed by atoms with Crippen LogP contribution < -0.4 is 5.32 Å². The van der Waals surface area contributed by atoms with Gasteiger partial charge in [0.05, 0.1) is 11.0 Å². The number of allylic oxidation sites excluding steroid dienone is 1. The van der Waals surface area contributed by atoms with Gasteiger partial charge in [0, 0.05) is 0 Å². The van der Waals surface area contributed by atoms with Crippen LogP contribution in [-0.4, -0.2) is 10.8 Å². The lowest BCUT2D eigenvalue weighted by atomic mass is 10.2. The Morgan fingerprint density at radius 3 is 2.81 bits per heavy atom. The molecule has 1 rings (SSSR count). The molecule has 0 radical (unpaired) electrons. The molecule has 0 aliphatic rings. The maximum Gasteiger partial charge on any atom is 0.295 e. The molecule has 0 unspecified atom stereocenters.